The van der Waals surface area contributed by atoms with Gasteiger partial charge in [0.2, 0.25) is 0 Å². The molecule has 4 nitrogen and oxygen atoms in total. The fourth-order valence-corrected chi connectivity index (χ4v) is 1.05. The lowest BCUT2D eigenvalue weighted by atomic mass is 9.85. The van der Waals surface area contributed by atoms with Gasteiger partial charge in [0.25, 0.3) is 0 Å². The third-order valence-corrected chi connectivity index (χ3v) is 1.58. The average molecular weight is 202 g/mol. The Hall–Kier alpha value is -1.34. The first-order valence-corrected chi connectivity index (χ1v) is 3.84. The molecule has 0 aliphatic heterocycles. The third kappa shape index (κ3) is 2.88. The highest BCUT2D eigenvalue weighted by atomic mass is 35.5. The second-order valence-corrected chi connectivity index (χ2v) is 2.81. The normalized spacial score (nSPS) is 14.8. The standard InChI is InChI=1S/C8H8ClNO3/c1-6(11)4-8(5-10,2-3-9)7(12)13/h2-3H,4H2,1H3,(H,12,13)/b3-2+/t8-/m0/s1. The molecule has 0 aromatic rings. The number of carbonyl (C=O) groups excluding carboxylic acids is 1. The first kappa shape index (κ1) is 11.7. The number of hydrogen-bond acceptors (Lipinski definition) is 3. The lowest BCUT2D eigenvalue weighted by molar-refractivity contribution is -0.145. The Balaban J connectivity index is 5.01. The van der Waals surface area contributed by atoms with Crippen LogP contribution in [0.25, 0.3) is 0 Å². The van der Waals surface area contributed by atoms with Crippen molar-refractivity contribution in [2.75, 3.05) is 0 Å². The molecule has 0 rings (SSSR count). The van der Waals surface area contributed by atoms with E-state index in [1.54, 1.807) is 6.07 Å². The molecule has 1 atom stereocenters. The van der Waals surface area contributed by atoms with Gasteiger partial charge in [0.05, 0.1) is 6.07 Å². The van der Waals surface area contributed by atoms with Crippen molar-refractivity contribution in [3.05, 3.63) is 11.6 Å². The molecule has 0 amide bonds. The summed E-state index contributed by atoms with van der Waals surface area (Å²) in [5.41, 5.74) is -0.895. The zero-order valence-corrected chi connectivity index (χ0v) is 7.71. The van der Waals surface area contributed by atoms with Crippen LogP contribution in [-0.4, -0.2) is 16.9 Å². The molecule has 0 unspecified atom stereocenters. The molecule has 0 fully saturated rings. The van der Waals surface area contributed by atoms with Crippen molar-refractivity contribution < 1.29 is 14.7 Å². The summed E-state index contributed by atoms with van der Waals surface area (Å²) < 4.78 is 0. The molecular weight excluding hydrogens is 194 g/mol. The van der Waals surface area contributed by atoms with Crippen LogP contribution in [0.3, 0.4) is 0 Å². The van der Waals surface area contributed by atoms with Crippen molar-refractivity contribution in [2.24, 2.45) is 5.41 Å². The number of rotatable bonds is 4. The topological polar surface area (TPSA) is 78.2 Å². The Morgan fingerprint density at radius 3 is 2.46 bits per heavy atom. The maximum Gasteiger partial charge on any atom is 0.328 e. The van der Waals surface area contributed by atoms with Gasteiger partial charge in [-0.25, -0.2) is 0 Å². The summed E-state index contributed by atoms with van der Waals surface area (Å²) in [6, 6.07) is 1.56. The van der Waals surface area contributed by atoms with Gasteiger partial charge in [0.15, 0.2) is 5.41 Å². The van der Waals surface area contributed by atoms with E-state index in [4.69, 9.17) is 22.0 Å². The highest BCUT2D eigenvalue weighted by Crippen LogP contribution is 2.24. The number of aliphatic carboxylic acids is 1. The van der Waals surface area contributed by atoms with Gasteiger partial charge in [0.1, 0.15) is 5.78 Å². The van der Waals surface area contributed by atoms with Gasteiger partial charge in [-0.1, -0.05) is 11.6 Å². The molecule has 0 bridgehead atoms. The number of halogens is 1. The Morgan fingerprint density at radius 1 is 1.69 bits per heavy atom. The van der Waals surface area contributed by atoms with E-state index in [-0.39, 0.29) is 12.2 Å². The van der Waals surface area contributed by atoms with E-state index in [1.165, 1.54) is 6.92 Å². The third-order valence-electron chi connectivity index (χ3n) is 1.46. The summed E-state index contributed by atoms with van der Waals surface area (Å²) in [6.07, 6.45) is 0.625. The Labute approximate surface area is 80.4 Å². The number of carboxylic acids is 1. The molecular formula is C8H8ClNO3. The first-order valence-electron chi connectivity index (χ1n) is 3.40. The van der Waals surface area contributed by atoms with Crippen molar-refractivity contribution >= 4 is 23.4 Å². The van der Waals surface area contributed by atoms with Crippen LogP contribution in [-0.2, 0) is 9.59 Å². The van der Waals surface area contributed by atoms with Crippen LogP contribution in [0.1, 0.15) is 13.3 Å². The van der Waals surface area contributed by atoms with Crippen LogP contribution >= 0.6 is 11.6 Å². The number of ketones is 1. The lowest BCUT2D eigenvalue weighted by Gasteiger charge is -2.14. The van der Waals surface area contributed by atoms with Gasteiger partial charge in [-0.3, -0.25) is 9.59 Å². The maximum absolute atomic E-state index is 10.7. The summed E-state index contributed by atoms with van der Waals surface area (Å²) >= 11 is 5.19. The van der Waals surface area contributed by atoms with Gasteiger partial charge < -0.3 is 5.11 Å². The summed E-state index contributed by atoms with van der Waals surface area (Å²) in [6.45, 7) is 1.22. The number of nitriles is 1. The predicted octanol–water partition coefficient (Wildman–Crippen LogP) is 1.31. The minimum Gasteiger partial charge on any atom is -0.480 e. The quantitative estimate of drug-likeness (QED) is 0.744. The maximum atomic E-state index is 10.7. The van der Waals surface area contributed by atoms with Crippen molar-refractivity contribution in [2.45, 2.75) is 13.3 Å². The Kier molecular flexibility index (Phi) is 4.15. The number of nitrogens with zero attached hydrogens (tertiary/aromatic N) is 1. The molecule has 13 heavy (non-hydrogen) atoms. The van der Waals surface area contributed by atoms with Gasteiger partial charge >= 0.3 is 5.97 Å². The largest absolute Gasteiger partial charge is 0.480 e. The summed E-state index contributed by atoms with van der Waals surface area (Å²) in [5.74, 6) is -1.75. The molecule has 1 N–H and O–H groups in total. The van der Waals surface area contributed by atoms with Crippen LogP contribution in [0.4, 0.5) is 0 Å². The van der Waals surface area contributed by atoms with Crippen LogP contribution in [0.2, 0.25) is 0 Å². The monoisotopic (exact) mass is 201 g/mol. The van der Waals surface area contributed by atoms with Crippen molar-refractivity contribution in [1.82, 2.24) is 0 Å². The molecule has 0 saturated heterocycles. The fraction of sp³-hybridized carbons (Fsp3) is 0.375. The molecule has 0 aliphatic carbocycles. The molecule has 0 radical (unpaired) electrons. The number of Topliss-reactive ketones (excluding diaryl/α,β-unsaturated/α-hetero) is 1. The van der Waals surface area contributed by atoms with Crippen molar-refractivity contribution in [3.63, 3.8) is 0 Å². The van der Waals surface area contributed by atoms with E-state index in [2.05, 4.69) is 0 Å². The molecule has 0 aromatic heterocycles. The minimum atomic E-state index is -1.83. The van der Waals surface area contributed by atoms with Crippen LogP contribution < -0.4 is 0 Å². The van der Waals surface area contributed by atoms with Crippen molar-refractivity contribution in [3.8, 4) is 6.07 Å². The molecule has 0 aliphatic rings. The van der Waals surface area contributed by atoms with Gasteiger partial charge in [-0.2, -0.15) is 5.26 Å². The summed E-state index contributed by atoms with van der Waals surface area (Å²) in [5, 5.41) is 17.4. The molecule has 5 heteroatoms. The molecule has 0 spiro atoms. The van der Waals surface area contributed by atoms with Crippen molar-refractivity contribution in [1.29, 1.82) is 5.26 Å². The molecule has 0 heterocycles. The minimum absolute atomic E-state index is 0.373. The van der Waals surface area contributed by atoms with E-state index in [9.17, 15) is 9.59 Å². The number of carbonyl (C=O) groups is 2. The van der Waals surface area contributed by atoms with Gasteiger partial charge in [-0.05, 0) is 13.0 Å². The molecule has 0 saturated carbocycles. The average Bonchev–Trinajstić information content (AvgIpc) is 2.02. The van der Waals surface area contributed by atoms with Crippen LogP contribution in [0, 0.1) is 16.7 Å². The lowest BCUT2D eigenvalue weighted by Crippen LogP contribution is -2.29. The second-order valence-electron chi connectivity index (χ2n) is 2.56. The van der Waals surface area contributed by atoms with Gasteiger partial charge in [0, 0.05) is 12.0 Å². The Bertz CT molecular complexity index is 292. The van der Waals surface area contributed by atoms with E-state index in [1.807, 2.05) is 0 Å². The highest BCUT2D eigenvalue weighted by molar-refractivity contribution is 6.25. The number of carboxylic acid groups (broad SMARTS) is 1. The van der Waals surface area contributed by atoms with E-state index in [0.717, 1.165) is 11.6 Å². The second kappa shape index (κ2) is 4.63. The van der Waals surface area contributed by atoms with Gasteiger partial charge in [-0.15, -0.1) is 0 Å². The zero-order chi connectivity index (χ0) is 10.5. The predicted molar refractivity (Wildman–Crippen MR) is 46.0 cm³/mol. The zero-order valence-electron chi connectivity index (χ0n) is 6.95. The SMILES string of the molecule is CC(=O)C[C@](C#N)(/C=C/Cl)C(=O)O. The van der Waals surface area contributed by atoms with E-state index in [0.29, 0.717) is 0 Å². The number of hydrogen-bond donors (Lipinski definition) is 1. The fourth-order valence-electron chi connectivity index (χ4n) is 0.831. The summed E-state index contributed by atoms with van der Waals surface area (Å²) in [7, 11) is 0. The molecule has 0 aromatic carbocycles. The van der Waals surface area contributed by atoms with E-state index < -0.39 is 11.4 Å². The van der Waals surface area contributed by atoms with Crippen LogP contribution in [0.5, 0.6) is 0 Å². The first-order chi connectivity index (χ1) is 5.98. The highest BCUT2D eigenvalue weighted by Gasteiger charge is 2.37. The van der Waals surface area contributed by atoms with E-state index >= 15 is 0 Å². The molecule has 70 valence electrons. The summed E-state index contributed by atoms with van der Waals surface area (Å²) in [4.78, 5) is 21.4. The Morgan fingerprint density at radius 2 is 2.23 bits per heavy atom. The van der Waals surface area contributed by atoms with Crippen LogP contribution in [0.15, 0.2) is 11.6 Å². The smallest absolute Gasteiger partial charge is 0.328 e.